The van der Waals surface area contributed by atoms with Crippen LogP contribution in [0.1, 0.15) is 23.3 Å². The van der Waals surface area contributed by atoms with Gasteiger partial charge in [0.15, 0.2) is 0 Å². The lowest BCUT2D eigenvalue weighted by atomic mass is 10.4. The highest BCUT2D eigenvalue weighted by molar-refractivity contribution is 8.13. The van der Waals surface area contributed by atoms with Crippen LogP contribution < -0.4 is 4.74 Å². The van der Waals surface area contributed by atoms with Crippen LogP contribution in [0.4, 0.5) is 0 Å². The second-order valence-electron chi connectivity index (χ2n) is 5.12. The van der Waals surface area contributed by atoms with Crippen LogP contribution >= 0.6 is 11.8 Å². The molecule has 0 unspecified atom stereocenters. The van der Waals surface area contributed by atoms with Crippen molar-refractivity contribution in [3.05, 3.63) is 30.2 Å². The highest BCUT2D eigenvalue weighted by Gasteiger charge is 2.12. The van der Waals surface area contributed by atoms with Crippen molar-refractivity contribution in [2.75, 3.05) is 32.5 Å². The van der Waals surface area contributed by atoms with E-state index in [1.807, 2.05) is 18.3 Å². The quantitative estimate of drug-likeness (QED) is 0.848. The maximum atomic E-state index is 11.8. The standard InChI is InChI=1S/C15H19N3O2S/c1-21-15(19)13-11-16-14-10-12(4-7-18(13)14)20-9-8-17-5-2-3-6-17/h4,7,10-11H,2-3,5-6,8-9H2,1H3. The van der Waals surface area contributed by atoms with Crippen LogP contribution in [-0.4, -0.2) is 51.9 Å². The Hall–Kier alpha value is -1.53. The zero-order valence-electron chi connectivity index (χ0n) is 12.1. The van der Waals surface area contributed by atoms with Crippen molar-refractivity contribution in [3.8, 4) is 5.75 Å². The first-order valence-corrected chi connectivity index (χ1v) is 8.41. The molecule has 1 saturated heterocycles. The molecule has 0 aromatic carbocycles. The minimum absolute atomic E-state index is 0.0187. The smallest absolute Gasteiger partial charge is 0.237 e. The Morgan fingerprint density at radius 2 is 2.24 bits per heavy atom. The predicted octanol–water partition coefficient (Wildman–Crippen LogP) is 2.31. The van der Waals surface area contributed by atoms with Gasteiger partial charge >= 0.3 is 0 Å². The van der Waals surface area contributed by atoms with Crippen molar-refractivity contribution >= 4 is 22.5 Å². The topological polar surface area (TPSA) is 46.8 Å². The molecule has 3 rings (SSSR count). The summed E-state index contributed by atoms with van der Waals surface area (Å²) in [5.41, 5.74) is 1.34. The van der Waals surface area contributed by atoms with Gasteiger partial charge in [0, 0.05) is 18.8 Å². The Bertz CT molecular complexity index is 635. The second-order valence-corrected chi connectivity index (χ2v) is 5.90. The lowest BCUT2D eigenvalue weighted by Crippen LogP contribution is -2.25. The summed E-state index contributed by atoms with van der Waals surface area (Å²) in [7, 11) is 0. The SMILES string of the molecule is CSC(=O)c1cnc2cc(OCCN3CCCC3)ccn12. The summed E-state index contributed by atoms with van der Waals surface area (Å²) in [6.07, 6.45) is 7.83. The molecule has 0 spiro atoms. The van der Waals surface area contributed by atoms with Crippen LogP contribution in [0.5, 0.6) is 5.75 Å². The number of thioether (sulfide) groups is 1. The number of likely N-dealkylation sites (tertiary alicyclic amines) is 1. The van der Waals surface area contributed by atoms with Crippen LogP contribution in [0.2, 0.25) is 0 Å². The third-order valence-electron chi connectivity index (χ3n) is 3.75. The fourth-order valence-electron chi connectivity index (χ4n) is 2.61. The molecule has 1 aliphatic rings. The molecule has 1 aliphatic heterocycles. The normalized spacial score (nSPS) is 15.7. The molecule has 2 aromatic heterocycles. The van der Waals surface area contributed by atoms with Gasteiger partial charge in [-0.05, 0) is 38.3 Å². The average Bonchev–Trinajstić information content (AvgIpc) is 3.15. The van der Waals surface area contributed by atoms with E-state index in [4.69, 9.17) is 4.74 Å². The van der Waals surface area contributed by atoms with Crippen molar-refractivity contribution in [3.63, 3.8) is 0 Å². The molecule has 0 radical (unpaired) electrons. The number of aromatic nitrogens is 2. The molecule has 21 heavy (non-hydrogen) atoms. The lowest BCUT2D eigenvalue weighted by molar-refractivity contribution is 0.108. The molecule has 0 amide bonds. The fourth-order valence-corrected chi connectivity index (χ4v) is 2.97. The molecule has 0 bridgehead atoms. The number of ether oxygens (including phenoxy) is 1. The number of carbonyl (C=O) groups excluding carboxylic acids is 1. The Morgan fingerprint density at radius 1 is 1.43 bits per heavy atom. The van der Waals surface area contributed by atoms with Gasteiger partial charge < -0.3 is 4.74 Å². The molecule has 0 aliphatic carbocycles. The summed E-state index contributed by atoms with van der Waals surface area (Å²) in [4.78, 5) is 18.5. The van der Waals surface area contributed by atoms with Gasteiger partial charge in [0.1, 0.15) is 23.7 Å². The largest absolute Gasteiger partial charge is 0.492 e. The van der Waals surface area contributed by atoms with E-state index < -0.39 is 0 Å². The van der Waals surface area contributed by atoms with Crippen LogP contribution in [0.3, 0.4) is 0 Å². The summed E-state index contributed by atoms with van der Waals surface area (Å²) in [5, 5.41) is 0.0187. The molecule has 0 saturated carbocycles. The molecule has 5 nitrogen and oxygen atoms in total. The zero-order valence-corrected chi connectivity index (χ0v) is 12.9. The summed E-state index contributed by atoms with van der Waals surface area (Å²) in [5.74, 6) is 0.801. The van der Waals surface area contributed by atoms with E-state index in [0.29, 0.717) is 12.3 Å². The van der Waals surface area contributed by atoms with E-state index in [2.05, 4.69) is 9.88 Å². The summed E-state index contributed by atoms with van der Waals surface area (Å²) in [6, 6.07) is 3.76. The van der Waals surface area contributed by atoms with Gasteiger partial charge in [-0.2, -0.15) is 0 Å². The van der Waals surface area contributed by atoms with Gasteiger partial charge in [-0.1, -0.05) is 11.8 Å². The van der Waals surface area contributed by atoms with Gasteiger partial charge in [-0.15, -0.1) is 0 Å². The molecule has 6 heteroatoms. The number of carbonyl (C=O) groups is 1. The number of fused-ring (bicyclic) bond motifs is 1. The van der Waals surface area contributed by atoms with E-state index >= 15 is 0 Å². The van der Waals surface area contributed by atoms with Crippen LogP contribution in [0.25, 0.3) is 5.65 Å². The van der Waals surface area contributed by atoms with Crippen molar-refractivity contribution < 1.29 is 9.53 Å². The molecule has 0 atom stereocenters. The van der Waals surface area contributed by atoms with Gasteiger partial charge in [-0.3, -0.25) is 14.1 Å². The first-order chi connectivity index (χ1) is 10.3. The first-order valence-electron chi connectivity index (χ1n) is 7.18. The van der Waals surface area contributed by atoms with Gasteiger partial charge in [0.2, 0.25) is 5.12 Å². The van der Waals surface area contributed by atoms with Gasteiger partial charge in [-0.25, -0.2) is 4.98 Å². The highest BCUT2D eigenvalue weighted by Crippen LogP contribution is 2.18. The number of nitrogens with zero attached hydrogens (tertiary/aromatic N) is 3. The molecule has 0 N–H and O–H groups in total. The lowest BCUT2D eigenvalue weighted by Gasteiger charge is -2.14. The van der Waals surface area contributed by atoms with Crippen molar-refractivity contribution in [1.29, 1.82) is 0 Å². The van der Waals surface area contributed by atoms with E-state index in [1.165, 1.54) is 37.7 Å². The summed E-state index contributed by atoms with van der Waals surface area (Å²) >= 11 is 1.19. The monoisotopic (exact) mass is 305 g/mol. The number of hydrogen-bond acceptors (Lipinski definition) is 5. The predicted molar refractivity (Wildman–Crippen MR) is 84.2 cm³/mol. The second kappa shape index (κ2) is 6.49. The average molecular weight is 305 g/mol. The molecular weight excluding hydrogens is 286 g/mol. The van der Waals surface area contributed by atoms with Crippen molar-refractivity contribution in [2.24, 2.45) is 0 Å². The van der Waals surface area contributed by atoms with Crippen LogP contribution in [0, 0.1) is 0 Å². The number of imidazole rings is 1. The molecule has 1 fully saturated rings. The highest BCUT2D eigenvalue weighted by atomic mass is 32.2. The minimum Gasteiger partial charge on any atom is -0.492 e. The Kier molecular flexibility index (Phi) is 4.45. The molecular formula is C15H19N3O2S. The number of rotatable bonds is 5. The van der Waals surface area contributed by atoms with Crippen molar-refractivity contribution in [1.82, 2.24) is 14.3 Å². The van der Waals surface area contributed by atoms with Crippen LogP contribution in [0.15, 0.2) is 24.5 Å². The van der Waals surface area contributed by atoms with E-state index in [9.17, 15) is 4.79 Å². The molecule has 2 aromatic rings. The fraction of sp³-hybridized carbons (Fsp3) is 0.467. The van der Waals surface area contributed by atoms with Crippen LogP contribution in [-0.2, 0) is 0 Å². The molecule has 112 valence electrons. The maximum absolute atomic E-state index is 11.8. The number of hydrogen-bond donors (Lipinski definition) is 0. The van der Waals surface area contributed by atoms with Gasteiger partial charge in [0.25, 0.3) is 0 Å². The van der Waals surface area contributed by atoms with Gasteiger partial charge in [0.05, 0.1) is 6.20 Å². The zero-order chi connectivity index (χ0) is 14.7. The Balaban J connectivity index is 1.65. The van der Waals surface area contributed by atoms with E-state index in [0.717, 1.165) is 17.9 Å². The maximum Gasteiger partial charge on any atom is 0.237 e. The number of pyridine rings is 1. The Morgan fingerprint density at radius 3 is 3.00 bits per heavy atom. The Labute approximate surface area is 128 Å². The van der Waals surface area contributed by atoms with E-state index in [-0.39, 0.29) is 5.12 Å². The summed E-state index contributed by atoms with van der Waals surface area (Å²) in [6.45, 7) is 4.02. The van der Waals surface area contributed by atoms with E-state index in [1.54, 1.807) is 16.9 Å². The third-order valence-corrected chi connectivity index (χ3v) is 4.33. The minimum atomic E-state index is 0.0187. The van der Waals surface area contributed by atoms with Crippen molar-refractivity contribution in [2.45, 2.75) is 12.8 Å². The molecule has 3 heterocycles. The first kappa shape index (κ1) is 14.4. The third kappa shape index (κ3) is 3.22. The summed E-state index contributed by atoms with van der Waals surface area (Å²) < 4.78 is 7.58.